The lowest BCUT2D eigenvalue weighted by molar-refractivity contribution is -0.121. The van der Waals surface area contributed by atoms with Crippen LogP contribution in [0.4, 0.5) is 15.8 Å². The van der Waals surface area contributed by atoms with Gasteiger partial charge in [-0.3, -0.25) is 9.69 Å². The van der Waals surface area contributed by atoms with E-state index >= 15 is 0 Å². The van der Waals surface area contributed by atoms with Gasteiger partial charge in [0.2, 0.25) is 5.91 Å². The molecule has 1 amide bonds. The third kappa shape index (κ3) is 5.37. The summed E-state index contributed by atoms with van der Waals surface area (Å²) in [5.74, 6) is -0.143. The maximum Gasteiger partial charge on any atom is 0.228 e. The number of halogens is 1. The van der Waals surface area contributed by atoms with Crippen LogP contribution in [0.1, 0.15) is 18.4 Å². The van der Waals surface area contributed by atoms with Gasteiger partial charge in [-0.05, 0) is 68.4 Å². The molecule has 2 heterocycles. The van der Waals surface area contributed by atoms with Gasteiger partial charge in [-0.25, -0.2) is 4.39 Å². The summed E-state index contributed by atoms with van der Waals surface area (Å²) in [6, 6.07) is 14.8. The Labute approximate surface area is 178 Å². The number of hydrogen-bond donors (Lipinski definition) is 1. The molecule has 2 aliphatic rings. The number of rotatable bonds is 5. The number of nitrogens with one attached hydrogen (secondary N) is 1. The van der Waals surface area contributed by atoms with Crippen molar-refractivity contribution in [2.45, 2.75) is 19.4 Å². The van der Waals surface area contributed by atoms with Crippen LogP contribution in [0, 0.1) is 11.7 Å². The number of piperidine rings is 1. The minimum Gasteiger partial charge on any atom is -0.369 e. The van der Waals surface area contributed by atoms with Crippen molar-refractivity contribution in [2.75, 3.05) is 56.5 Å². The molecule has 30 heavy (non-hydrogen) atoms. The fourth-order valence-electron chi connectivity index (χ4n) is 4.33. The third-order valence-electron chi connectivity index (χ3n) is 6.20. The first-order chi connectivity index (χ1) is 14.6. The van der Waals surface area contributed by atoms with Crippen LogP contribution in [-0.2, 0) is 11.3 Å². The second kappa shape index (κ2) is 9.58. The quantitative estimate of drug-likeness (QED) is 0.820. The first kappa shape index (κ1) is 20.8. The van der Waals surface area contributed by atoms with Crippen LogP contribution in [0.2, 0.25) is 0 Å². The molecule has 0 aromatic heterocycles. The number of piperazine rings is 1. The normalized spacial score (nSPS) is 20.9. The first-order valence-corrected chi connectivity index (χ1v) is 10.9. The molecule has 1 N–H and O–H groups in total. The molecule has 4 rings (SSSR count). The number of amides is 1. The molecular formula is C24H31FN4O. The number of carbonyl (C=O) groups is 1. The largest absolute Gasteiger partial charge is 0.369 e. The van der Waals surface area contributed by atoms with Gasteiger partial charge in [-0.15, -0.1) is 0 Å². The predicted molar refractivity (Wildman–Crippen MR) is 119 cm³/mol. The van der Waals surface area contributed by atoms with E-state index in [0.29, 0.717) is 0 Å². The number of carbonyl (C=O) groups excluding carboxylic acids is 1. The Morgan fingerprint density at radius 1 is 1.00 bits per heavy atom. The van der Waals surface area contributed by atoms with Crippen molar-refractivity contribution in [1.82, 2.24) is 9.80 Å². The van der Waals surface area contributed by atoms with Gasteiger partial charge in [-0.1, -0.05) is 12.1 Å². The molecule has 2 fully saturated rings. The van der Waals surface area contributed by atoms with Gasteiger partial charge in [0, 0.05) is 50.6 Å². The second-order valence-electron chi connectivity index (χ2n) is 8.53. The molecule has 0 bridgehead atoms. The van der Waals surface area contributed by atoms with E-state index in [-0.39, 0.29) is 17.6 Å². The summed E-state index contributed by atoms with van der Waals surface area (Å²) in [5.41, 5.74) is 3.15. The maximum atomic E-state index is 13.1. The van der Waals surface area contributed by atoms with Gasteiger partial charge in [0.1, 0.15) is 5.82 Å². The van der Waals surface area contributed by atoms with Crippen LogP contribution in [-0.4, -0.2) is 62.0 Å². The van der Waals surface area contributed by atoms with Crippen molar-refractivity contribution in [3.8, 4) is 0 Å². The van der Waals surface area contributed by atoms with E-state index in [1.807, 2.05) is 24.3 Å². The summed E-state index contributed by atoms with van der Waals surface area (Å²) in [6.45, 7) is 6.69. The van der Waals surface area contributed by atoms with Gasteiger partial charge in [0.05, 0.1) is 5.92 Å². The predicted octanol–water partition coefficient (Wildman–Crippen LogP) is 3.43. The van der Waals surface area contributed by atoms with Crippen LogP contribution in [0.5, 0.6) is 0 Å². The van der Waals surface area contributed by atoms with E-state index in [2.05, 4.69) is 39.2 Å². The molecule has 0 radical (unpaired) electrons. The summed E-state index contributed by atoms with van der Waals surface area (Å²) >= 11 is 0. The fourth-order valence-corrected chi connectivity index (χ4v) is 4.33. The smallest absolute Gasteiger partial charge is 0.228 e. The molecule has 0 saturated carbocycles. The molecule has 160 valence electrons. The average molecular weight is 411 g/mol. The highest BCUT2D eigenvalue weighted by molar-refractivity contribution is 5.92. The number of hydrogen-bond acceptors (Lipinski definition) is 4. The highest BCUT2D eigenvalue weighted by Gasteiger charge is 2.26. The molecule has 2 aromatic rings. The highest BCUT2D eigenvalue weighted by Crippen LogP contribution is 2.23. The topological polar surface area (TPSA) is 38.8 Å². The van der Waals surface area contributed by atoms with Crippen molar-refractivity contribution in [3.63, 3.8) is 0 Å². The molecular weight excluding hydrogens is 379 g/mol. The minimum atomic E-state index is -0.215. The SMILES string of the molecule is CN1CCN(c2ccc(NC(=O)[C@@H]3CCCN(Cc4ccc(F)cc4)C3)cc2)CC1. The lowest BCUT2D eigenvalue weighted by Crippen LogP contribution is -2.44. The second-order valence-corrected chi connectivity index (χ2v) is 8.53. The van der Waals surface area contributed by atoms with Gasteiger partial charge >= 0.3 is 0 Å². The Balaban J connectivity index is 1.30. The number of likely N-dealkylation sites (tertiary alicyclic amines) is 1. The van der Waals surface area contributed by atoms with Crippen molar-refractivity contribution < 1.29 is 9.18 Å². The molecule has 2 saturated heterocycles. The van der Waals surface area contributed by atoms with Crippen LogP contribution >= 0.6 is 0 Å². The minimum absolute atomic E-state index is 0.0171. The van der Waals surface area contributed by atoms with Gasteiger partial charge in [0.15, 0.2) is 0 Å². The van der Waals surface area contributed by atoms with Crippen LogP contribution in [0.3, 0.4) is 0 Å². The monoisotopic (exact) mass is 410 g/mol. The summed E-state index contributed by atoms with van der Waals surface area (Å²) < 4.78 is 13.1. The molecule has 0 aliphatic carbocycles. The average Bonchev–Trinajstić information content (AvgIpc) is 2.77. The number of benzene rings is 2. The molecule has 2 aliphatic heterocycles. The zero-order valence-corrected chi connectivity index (χ0v) is 17.7. The molecule has 0 unspecified atom stereocenters. The van der Waals surface area contributed by atoms with Gasteiger partial charge < -0.3 is 15.1 Å². The summed E-state index contributed by atoms with van der Waals surface area (Å²) in [4.78, 5) is 19.8. The first-order valence-electron chi connectivity index (χ1n) is 10.9. The zero-order chi connectivity index (χ0) is 20.9. The molecule has 0 spiro atoms. The van der Waals surface area contributed by atoms with Crippen molar-refractivity contribution in [1.29, 1.82) is 0 Å². The van der Waals surface area contributed by atoms with E-state index in [1.165, 1.54) is 17.8 Å². The Kier molecular flexibility index (Phi) is 6.65. The Morgan fingerprint density at radius 3 is 2.40 bits per heavy atom. The van der Waals surface area contributed by atoms with E-state index in [4.69, 9.17) is 0 Å². The Bertz CT molecular complexity index is 831. The van der Waals surface area contributed by atoms with E-state index in [1.54, 1.807) is 0 Å². The van der Waals surface area contributed by atoms with Crippen LogP contribution in [0.15, 0.2) is 48.5 Å². The summed E-state index contributed by atoms with van der Waals surface area (Å²) in [5, 5.41) is 3.10. The molecule has 5 nitrogen and oxygen atoms in total. The Morgan fingerprint density at radius 2 is 1.70 bits per heavy atom. The van der Waals surface area contributed by atoms with Gasteiger partial charge in [-0.2, -0.15) is 0 Å². The molecule has 2 aromatic carbocycles. The van der Waals surface area contributed by atoms with Crippen molar-refractivity contribution in [2.24, 2.45) is 5.92 Å². The summed E-state index contributed by atoms with van der Waals surface area (Å²) in [6.07, 6.45) is 1.91. The molecule has 6 heteroatoms. The number of anilines is 2. The third-order valence-corrected chi connectivity index (χ3v) is 6.20. The molecule has 1 atom stereocenters. The van der Waals surface area contributed by atoms with Crippen LogP contribution in [0.25, 0.3) is 0 Å². The maximum absolute atomic E-state index is 13.1. The number of nitrogens with zero attached hydrogens (tertiary/aromatic N) is 3. The van der Waals surface area contributed by atoms with E-state index < -0.39 is 0 Å². The fraction of sp³-hybridized carbons (Fsp3) is 0.458. The van der Waals surface area contributed by atoms with E-state index in [0.717, 1.165) is 69.9 Å². The van der Waals surface area contributed by atoms with Crippen molar-refractivity contribution >= 4 is 17.3 Å². The van der Waals surface area contributed by atoms with Crippen LogP contribution < -0.4 is 10.2 Å². The van der Waals surface area contributed by atoms with Crippen molar-refractivity contribution in [3.05, 3.63) is 59.9 Å². The lowest BCUT2D eigenvalue weighted by atomic mass is 9.96. The highest BCUT2D eigenvalue weighted by atomic mass is 19.1. The summed E-state index contributed by atoms with van der Waals surface area (Å²) in [7, 11) is 2.15. The van der Waals surface area contributed by atoms with E-state index in [9.17, 15) is 9.18 Å². The number of likely N-dealkylation sites (N-methyl/N-ethyl adjacent to an activating group) is 1. The Hall–Kier alpha value is -2.44. The zero-order valence-electron chi connectivity index (χ0n) is 17.7. The van der Waals surface area contributed by atoms with Gasteiger partial charge in [0.25, 0.3) is 0 Å². The lowest BCUT2D eigenvalue weighted by Gasteiger charge is -2.34. The standard InChI is InChI=1S/C24H31FN4O/c1-27-13-15-29(16-14-27)23-10-8-22(9-11-23)26-24(30)20-3-2-12-28(18-20)17-19-4-6-21(25)7-5-19/h4-11,20H,2-3,12-18H2,1H3,(H,26,30)/t20-/m1/s1.